The number of nitrogens with zero attached hydrogens (tertiary/aromatic N) is 1. The van der Waals surface area contributed by atoms with Crippen molar-refractivity contribution in [3.63, 3.8) is 0 Å². The molecule has 0 aromatic heterocycles. The normalized spacial score (nSPS) is 31.0. The van der Waals surface area contributed by atoms with Crippen molar-refractivity contribution in [1.29, 1.82) is 0 Å². The first-order valence-corrected chi connectivity index (χ1v) is 9.55. The van der Waals surface area contributed by atoms with E-state index < -0.39 is 0 Å². The number of nitrogens with one attached hydrogen (secondary N) is 2. The van der Waals surface area contributed by atoms with Gasteiger partial charge in [-0.3, -0.25) is 4.99 Å². The molecule has 0 amide bonds. The van der Waals surface area contributed by atoms with Gasteiger partial charge in [0.15, 0.2) is 5.96 Å². The van der Waals surface area contributed by atoms with E-state index in [0.29, 0.717) is 18.2 Å². The second kappa shape index (κ2) is 10.1. The molecule has 2 aliphatic heterocycles. The van der Waals surface area contributed by atoms with E-state index in [1.54, 1.807) is 0 Å². The molecule has 3 atom stereocenters. The molecule has 0 aromatic rings. The van der Waals surface area contributed by atoms with E-state index in [1.807, 2.05) is 0 Å². The molecular weight excluding hydrogens is 401 g/mol. The molecule has 3 unspecified atom stereocenters. The average Bonchev–Trinajstić information content (AvgIpc) is 3.15. The molecule has 2 bridgehead atoms. The van der Waals surface area contributed by atoms with Gasteiger partial charge in [0.25, 0.3) is 0 Å². The van der Waals surface area contributed by atoms with Crippen LogP contribution in [0, 0.1) is 5.92 Å². The number of guanidine groups is 1. The maximum absolute atomic E-state index is 5.92. The summed E-state index contributed by atoms with van der Waals surface area (Å²) >= 11 is 0. The Morgan fingerprint density at radius 3 is 2.61 bits per heavy atom. The monoisotopic (exact) mass is 435 g/mol. The molecule has 1 saturated carbocycles. The Hall–Kier alpha value is -0.0400. The van der Waals surface area contributed by atoms with Crippen LogP contribution < -0.4 is 10.6 Å². The first-order valence-electron chi connectivity index (χ1n) is 9.55. The maximum atomic E-state index is 5.92. The van der Waals surface area contributed by atoms with Crippen molar-refractivity contribution in [3.8, 4) is 0 Å². The minimum absolute atomic E-state index is 0. The van der Waals surface area contributed by atoms with Gasteiger partial charge < -0.3 is 15.4 Å². The zero-order valence-electron chi connectivity index (χ0n) is 14.6. The molecule has 5 heteroatoms. The van der Waals surface area contributed by atoms with Gasteiger partial charge in [0.2, 0.25) is 0 Å². The molecule has 2 saturated heterocycles. The number of rotatable bonds is 6. The van der Waals surface area contributed by atoms with Gasteiger partial charge in [-0.1, -0.05) is 32.1 Å². The highest BCUT2D eigenvalue weighted by atomic mass is 127. The molecule has 0 radical (unpaired) electrons. The Labute approximate surface area is 158 Å². The minimum atomic E-state index is 0. The molecule has 4 nitrogen and oxygen atoms in total. The first-order chi connectivity index (χ1) is 10.8. The molecule has 1 aliphatic carbocycles. The van der Waals surface area contributed by atoms with E-state index in [-0.39, 0.29) is 24.0 Å². The molecule has 2 heterocycles. The van der Waals surface area contributed by atoms with Gasteiger partial charge in [-0.2, -0.15) is 0 Å². The summed E-state index contributed by atoms with van der Waals surface area (Å²) in [6.07, 6.45) is 14.4. The van der Waals surface area contributed by atoms with Crippen LogP contribution in [0.25, 0.3) is 0 Å². The Morgan fingerprint density at radius 2 is 1.96 bits per heavy atom. The predicted octanol–water partition coefficient (Wildman–Crippen LogP) is 3.84. The molecule has 134 valence electrons. The molecule has 0 spiro atoms. The first kappa shape index (κ1) is 19.3. The summed E-state index contributed by atoms with van der Waals surface area (Å²) in [6, 6.07) is 0.467. The molecule has 3 rings (SSSR count). The topological polar surface area (TPSA) is 45.7 Å². The summed E-state index contributed by atoms with van der Waals surface area (Å²) < 4.78 is 5.92. The van der Waals surface area contributed by atoms with Gasteiger partial charge in [-0.15, -0.1) is 24.0 Å². The second-order valence-electron chi connectivity index (χ2n) is 7.27. The lowest BCUT2D eigenvalue weighted by atomic mass is 9.86. The fourth-order valence-electron chi connectivity index (χ4n) is 4.33. The van der Waals surface area contributed by atoms with Crippen molar-refractivity contribution in [2.75, 3.05) is 13.1 Å². The summed E-state index contributed by atoms with van der Waals surface area (Å²) in [4.78, 5) is 4.78. The van der Waals surface area contributed by atoms with Crippen LogP contribution in [-0.2, 0) is 4.74 Å². The van der Waals surface area contributed by atoms with Gasteiger partial charge in [0.05, 0.1) is 18.2 Å². The highest BCUT2D eigenvalue weighted by Crippen LogP contribution is 2.34. The standard InChI is InChI=1S/C18H33N3O.HI/c1-2-19-18(21-16-13-15-10-11-17(16)22-15)20-12-6-9-14-7-4-3-5-8-14;/h14-17H,2-13H2,1H3,(H2,19,20,21);1H. The maximum Gasteiger partial charge on any atom is 0.191 e. The van der Waals surface area contributed by atoms with Gasteiger partial charge in [0.1, 0.15) is 0 Å². The zero-order chi connectivity index (χ0) is 15.2. The van der Waals surface area contributed by atoms with E-state index in [9.17, 15) is 0 Å². The fourth-order valence-corrected chi connectivity index (χ4v) is 4.33. The van der Waals surface area contributed by atoms with Crippen LogP contribution >= 0.6 is 24.0 Å². The van der Waals surface area contributed by atoms with E-state index >= 15 is 0 Å². The Balaban J connectivity index is 0.00000192. The van der Waals surface area contributed by atoms with Crippen LogP contribution in [-0.4, -0.2) is 37.3 Å². The van der Waals surface area contributed by atoms with E-state index in [0.717, 1.165) is 31.4 Å². The SMILES string of the molecule is CCNC(=NCCCC1CCCCC1)NC1CC2CCC1O2.I. The van der Waals surface area contributed by atoms with Gasteiger partial charge >= 0.3 is 0 Å². The summed E-state index contributed by atoms with van der Waals surface area (Å²) in [5.41, 5.74) is 0. The zero-order valence-corrected chi connectivity index (χ0v) is 16.9. The number of fused-ring (bicyclic) bond motifs is 2. The lowest BCUT2D eigenvalue weighted by molar-refractivity contribution is 0.0992. The third-order valence-electron chi connectivity index (χ3n) is 5.54. The van der Waals surface area contributed by atoms with Crippen LogP contribution in [0.3, 0.4) is 0 Å². The Morgan fingerprint density at radius 1 is 1.13 bits per heavy atom. The van der Waals surface area contributed by atoms with Crippen molar-refractivity contribution < 1.29 is 4.74 Å². The third-order valence-corrected chi connectivity index (χ3v) is 5.54. The van der Waals surface area contributed by atoms with Crippen molar-refractivity contribution in [1.82, 2.24) is 10.6 Å². The highest BCUT2D eigenvalue weighted by molar-refractivity contribution is 14.0. The summed E-state index contributed by atoms with van der Waals surface area (Å²) in [5, 5.41) is 6.99. The lowest BCUT2D eigenvalue weighted by Gasteiger charge is -2.23. The summed E-state index contributed by atoms with van der Waals surface area (Å²) in [6.45, 7) is 4.01. The highest BCUT2D eigenvalue weighted by Gasteiger charge is 2.41. The molecule has 3 aliphatic rings. The van der Waals surface area contributed by atoms with Crippen LogP contribution in [0.5, 0.6) is 0 Å². The van der Waals surface area contributed by atoms with Crippen molar-refractivity contribution in [2.24, 2.45) is 10.9 Å². The smallest absolute Gasteiger partial charge is 0.191 e. The van der Waals surface area contributed by atoms with Crippen LogP contribution in [0.15, 0.2) is 4.99 Å². The van der Waals surface area contributed by atoms with Crippen LogP contribution in [0.4, 0.5) is 0 Å². The molecule has 2 N–H and O–H groups in total. The van der Waals surface area contributed by atoms with E-state index in [4.69, 9.17) is 9.73 Å². The Bertz CT molecular complexity index is 371. The number of hydrogen-bond donors (Lipinski definition) is 2. The van der Waals surface area contributed by atoms with Crippen molar-refractivity contribution in [2.45, 2.75) is 89.4 Å². The minimum Gasteiger partial charge on any atom is -0.373 e. The van der Waals surface area contributed by atoms with Crippen molar-refractivity contribution >= 4 is 29.9 Å². The van der Waals surface area contributed by atoms with E-state index in [2.05, 4.69) is 17.6 Å². The molecule has 23 heavy (non-hydrogen) atoms. The molecular formula is C18H34IN3O. The average molecular weight is 435 g/mol. The number of halogens is 1. The van der Waals surface area contributed by atoms with Gasteiger partial charge in [-0.05, 0) is 44.9 Å². The Kier molecular flexibility index (Phi) is 8.44. The summed E-state index contributed by atoms with van der Waals surface area (Å²) in [7, 11) is 0. The second-order valence-corrected chi connectivity index (χ2v) is 7.27. The predicted molar refractivity (Wildman–Crippen MR) is 107 cm³/mol. The molecule has 0 aromatic carbocycles. The van der Waals surface area contributed by atoms with Crippen LogP contribution in [0.1, 0.15) is 71.1 Å². The molecule has 3 fully saturated rings. The number of aliphatic imine (C=N–C) groups is 1. The lowest BCUT2D eigenvalue weighted by Crippen LogP contribution is -2.47. The number of ether oxygens (including phenoxy) is 1. The quantitative estimate of drug-likeness (QED) is 0.289. The van der Waals surface area contributed by atoms with Crippen LogP contribution in [0.2, 0.25) is 0 Å². The number of hydrogen-bond acceptors (Lipinski definition) is 2. The van der Waals surface area contributed by atoms with Gasteiger partial charge in [0, 0.05) is 13.1 Å². The van der Waals surface area contributed by atoms with Crippen molar-refractivity contribution in [3.05, 3.63) is 0 Å². The van der Waals surface area contributed by atoms with Gasteiger partial charge in [-0.25, -0.2) is 0 Å². The fraction of sp³-hybridized carbons (Fsp3) is 0.944. The third kappa shape index (κ3) is 5.76. The van der Waals surface area contributed by atoms with E-state index in [1.165, 1.54) is 57.8 Å². The summed E-state index contributed by atoms with van der Waals surface area (Å²) in [5.74, 6) is 1.96. The largest absolute Gasteiger partial charge is 0.373 e.